The van der Waals surface area contributed by atoms with Crippen LogP contribution in [0, 0.1) is 6.92 Å². The van der Waals surface area contributed by atoms with E-state index >= 15 is 0 Å². The predicted octanol–water partition coefficient (Wildman–Crippen LogP) is 3.68. The van der Waals surface area contributed by atoms with E-state index in [1.165, 1.54) is 22.5 Å². The molecular formula is C20H21NO3S. The third kappa shape index (κ3) is 3.89. The van der Waals surface area contributed by atoms with Crippen LogP contribution in [-0.2, 0) is 10.0 Å². The highest BCUT2D eigenvalue weighted by Crippen LogP contribution is 2.21. The molecule has 25 heavy (non-hydrogen) atoms. The van der Waals surface area contributed by atoms with Crippen molar-refractivity contribution in [3.05, 3.63) is 71.3 Å². The van der Waals surface area contributed by atoms with Gasteiger partial charge in [0.15, 0.2) is 5.78 Å². The average molecular weight is 355 g/mol. The predicted molar refractivity (Wildman–Crippen MR) is 99.0 cm³/mol. The zero-order valence-electron chi connectivity index (χ0n) is 14.2. The summed E-state index contributed by atoms with van der Waals surface area (Å²) in [5.41, 5.74) is 2.56. The molecule has 130 valence electrons. The van der Waals surface area contributed by atoms with Crippen LogP contribution in [0.1, 0.15) is 34.3 Å². The molecular weight excluding hydrogens is 334 g/mol. The summed E-state index contributed by atoms with van der Waals surface area (Å²) in [5, 5.41) is 0. The van der Waals surface area contributed by atoms with Crippen LogP contribution in [0.3, 0.4) is 0 Å². The Labute approximate surface area is 148 Å². The van der Waals surface area contributed by atoms with E-state index in [0.717, 1.165) is 24.0 Å². The Morgan fingerprint density at radius 1 is 1.00 bits per heavy atom. The van der Waals surface area contributed by atoms with Gasteiger partial charge in [0.05, 0.1) is 4.90 Å². The molecule has 1 aliphatic rings. The first kappa shape index (κ1) is 17.6. The number of benzene rings is 2. The molecule has 4 nitrogen and oxygen atoms in total. The number of carbonyl (C=O) groups is 1. The standard InChI is InChI=1S/C20H21NO3S/c1-16-6-2-3-7-17(16)10-13-20(22)18-8-11-19(12-9-18)25(23,24)21-14-4-5-15-21/h2-3,6-13H,4-5,14-15H2,1H3/b13-10+. The van der Waals surface area contributed by atoms with Crippen LogP contribution < -0.4 is 0 Å². The number of carbonyl (C=O) groups excluding carboxylic acids is 1. The summed E-state index contributed by atoms with van der Waals surface area (Å²) >= 11 is 0. The van der Waals surface area contributed by atoms with Gasteiger partial charge in [-0.25, -0.2) is 8.42 Å². The SMILES string of the molecule is Cc1ccccc1/C=C/C(=O)c1ccc(S(=O)(=O)N2CCCC2)cc1. The minimum Gasteiger partial charge on any atom is -0.289 e. The molecule has 1 heterocycles. The fourth-order valence-corrected chi connectivity index (χ4v) is 4.42. The van der Waals surface area contributed by atoms with Crippen LogP contribution in [0.25, 0.3) is 6.08 Å². The van der Waals surface area contributed by atoms with Gasteiger partial charge >= 0.3 is 0 Å². The van der Waals surface area contributed by atoms with Gasteiger partial charge in [-0.05, 0) is 61.2 Å². The number of hydrogen-bond acceptors (Lipinski definition) is 3. The zero-order valence-corrected chi connectivity index (χ0v) is 15.0. The van der Waals surface area contributed by atoms with E-state index in [-0.39, 0.29) is 10.7 Å². The van der Waals surface area contributed by atoms with Gasteiger partial charge in [0, 0.05) is 18.7 Å². The van der Waals surface area contributed by atoms with Crippen LogP contribution in [0.4, 0.5) is 0 Å². The van der Waals surface area contributed by atoms with E-state index in [1.807, 2.05) is 31.2 Å². The van der Waals surface area contributed by atoms with E-state index in [0.29, 0.717) is 18.7 Å². The first-order valence-electron chi connectivity index (χ1n) is 8.37. The molecule has 0 bridgehead atoms. The molecule has 0 N–H and O–H groups in total. The molecule has 3 rings (SSSR count). The summed E-state index contributed by atoms with van der Waals surface area (Å²) in [6, 6.07) is 14.0. The van der Waals surface area contributed by atoms with Gasteiger partial charge in [0.2, 0.25) is 10.0 Å². The topological polar surface area (TPSA) is 54.5 Å². The van der Waals surface area contributed by atoms with E-state index in [2.05, 4.69) is 0 Å². The van der Waals surface area contributed by atoms with Gasteiger partial charge in [0.25, 0.3) is 0 Å². The molecule has 0 aliphatic carbocycles. The highest BCUT2D eigenvalue weighted by molar-refractivity contribution is 7.89. The Hall–Kier alpha value is -2.24. The fourth-order valence-electron chi connectivity index (χ4n) is 2.90. The third-order valence-electron chi connectivity index (χ3n) is 4.44. The highest BCUT2D eigenvalue weighted by Gasteiger charge is 2.26. The number of sulfonamides is 1. The Morgan fingerprint density at radius 3 is 2.28 bits per heavy atom. The van der Waals surface area contributed by atoms with Gasteiger partial charge in [-0.2, -0.15) is 4.31 Å². The number of hydrogen-bond donors (Lipinski definition) is 0. The van der Waals surface area contributed by atoms with Crippen molar-refractivity contribution in [2.45, 2.75) is 24.7 Å². The van der Waals surface area contributed by atoms with Crippen molar-refractivity contribution in [3.63, 3.8) is 0 Å². The summed E-state index contributed by atoms with van der Waals surface area (Å²) in [4.78, 5) is 12.5. The molecule has 5 heteroatoms. The Balaban J connectivity index is 1.76. The zero-order chi connectivity index (χ0) is 17.9. The maximum atomic E-state index is 12.5. The summed E-state index contributed by atoms with van der Waals surface area (Å²) in [7, 11) is -3.44. The molecule has 1 fully saturated rings. The van der Waals surface area contributed by atoms with Crippen molar-refractivity contribution in [2.24, 2.45) is 0 Å². The molecule has 2 aromatic rings. The van der Waals surface area contributed by atoms with Crippen LogP contribution in [0.2, 0.25) is 0 Å². The van der Waals surface area contributed by atoms with Crippen molar-refractivity contribution in [2.75, 3.05) is 13.1 Å². The van der Waals surface area contributed by atoms with Crippen molar-refractivity contribution >= 4 is 21.9 Å². The third-order valence-corrected chi connectivity index (χ3v) is 6.36. The smallest absolute Gasteiger partial charge is 0.243 e. The lowest BCUT2D eigenvalue weighted by molar-refractivity contribution is 0.104. The Morgan fingerprint density at radius 2 is 1.64 bits per heavy atom. The fraction of sp³-hybridized carbons (Fsp3) is 0.250. The number of allylic oxidation sites excluding steroid dienone is 1. The largest absolute Gasteiger partial charge is 0.289 e. The molecule has 0 atom stereocenters. The Bertz CT molecular complexity index is 893. The second kappa shape index (κ2) is 7.33. The van der Waals surface area contributed by atoms with Crippen molar-refractivity contribution in [1.82, 2.24) is 4.31 Å². The van der Waals surface area contributed by atoms with Crippen molar-refractivity contribution in [1.29, 1.82) is 0 Å². The number of rotatable bonds is 5. The van der Waals surface area contributed by atoms with Crippen LogP contribution in [-0.4, -0.2) is 31.6 Å². The number of aryl methyl sites for hydroxylation is 1. The lowest BCUT2D eigenvalue weighted by Crippen LogP contribution is -2.27. The lowest BCUT2D eigenvalue weighted by atomic mass is 10.1. The maximum Gasteiger partial charge on any atom is 0.243 e. The molecule has 0 radical (unpaired) electrons. The number of nitrogens with zero attached hydrogens (tertiary/aromatic N) is 1. The highest BCUT2D eigenvalue weighted by atomic mass is 32.2. The van der Waals surface area contributed by atoms with Crippen LogP contribution >= 0.6 is 0 Å². The molecule has 0 aromatic heterocycles. The van der Waals surface area contributed by atoms with E-state index in [4.69, 9.17) is 0 Å². The minimum atomic E-state index is -3.44. The molecule has 0 spiro atoms. The van der Waals surface area contributed by atoms with Crippen molar-refractivity contribution < 1.29 is 13.2 Å². The van der Waals surface area contributed by atoms with Gasteiger partial charge in [-0.15, -0.1) is 0 Å². The maximum absolute atomic E-state index is 12.5. The van der Waals surface area contributed by atoms with Gasteiger partial charge in [-0.3, -0.25) is 4.79 Å². The normalized spacial score (nSPS) is 15.7. The van der Waals surface area contributed by atoms with E-state index in [9.17, 15) is 13.2 Å². The van der Waals surface area contributed by atoms with E-state index < -0.39 is 10.0 Å². The quantitative estimate of drug-likeness (QED) is 0.607. The number of ketones is 1. The monoisotopic (exact) mass is 355 g/mol. The van der Waals surface area contributed by atoms with Gasteiger partial charge < -0.3 is 0 Å². The summed E-state index contributed by atoms with van der Waals surface area (Å²) in [5.74, 6) is -0.145. The van der Waals surface area contributed by atoms with E-state index in [1.54, 1.807) is 18.2 Å². The Kier molecular flexibility index (Phi) is 5.16. The van der Waals surface area contributed by atoms with Crippen LogP contribution in [0.5, 0.6) is 0 Å². The average Bonchev–Trinajstić information content (AvgIpc) is 3.16. The summed E-state index contributed by atoms with van der Waals surface area (Å²) in [6.07, 6.45) is 5.11. The second-order valence-electron chi connectivity index (χ2n) is 6.19. The molecule has 0 amide bonds. The molecule has 1 saturated heterocycles. The van der Waals surface area contributed by atoms with Crippen LogP contribution in [0.15, 0.2) is 59.5 Å². The van der Waals surface area contributed by atoms with Gasteiger partial charge in [-0.1, -0.05) is 30.3 Å². The molecule has 0 unspecified atom stereocenters. The lowest BCUT2D eigenvalue weighted by Gasteiger charge is -2.15. The molecule has 1 aliphatic heterocycles. The molecule has 0 saturated carbocycles. The summed E-state index contributed by atoms with van der Waals surface area (Å²) < 4.78 is 26.5. The first-order chi connectivity index (χ1) is 12.0. The molecule has 2 aromatic carbocycles. The van der Waals surface area contributed by atoms with Gasteiger partial charge in [0.1, 0.15) is 0 Å². The van der Waals surface area contributed by atoms with Crippen molar-refractivity contribution in [3.8, 4) is 0 Å². The first-order valence-corrected chi connectivity index (χ1v) is 9.81. The summed E-state index contributed by atoms with van der Waals surface area (Å²) in [6.45, 7) is 3.13. The second-order valence-corrected chi connectivity index (χ2v) is 8.13. The minimum absolute atomic E-state index is 0.145.